The Labute approximate surface area is 156 Å². The number of carbonyl (C=O) groups excluding carboxylic acids is 3. The number of nitrogens with one attached hydrogen (secondary N) is 2. The Bertz CT molecular complexity index is 856. The Morgan fingerprint density at radius 1 is 1.12 bits per heavy atom. The zero-order chi connectivity index (χ0) is 18.7. The number of hydrogen-bond donors (Lipinski definition) is 2. The van der Waals surface area contributed by atoms with E-state index in [0.717, 1.165) is 5.01 Å². The highest BCUT2D eigenvalue weighted by atomic mass is 35.5. The maximum Gasteiger partial charge on any atom is 0.344 e. The summed E-state index contributed by atoms with van der Waals surface area (Å²) in [6, 6.07) is 15.2. The minimum absolute atomic E-state index is 0.0405. The van der Waals surface area contributed by atoms with Crippen LogP contribution in [0.1, 0.15) is 24.5 Å². The average molecular weight is 372 g/mol. The van der Waals surface area contributed by atoms with Crippen molar-refractivity contribution in [1.82, 2.24) is 15.8 Å². The van der Waals surface area contributed by atoms with Crippen LogP contribution in [0.3, 0.4) is 0 Å². The first-order chi connectivity index (χ1) is 12.5. The number of hydrazine groups is 1. The third kappa shape index (κ3) is 3.15. The fraction of sp³-hybridized carbons (Fsp3) is 0.211. The fourth-order valence-corrected chi connectivity index (χ4v) is 3.22. The lowest BCUT2D eigenvalue weighted by Crippen LogP contribution is -2.49. The van der Waals surface area contributed by atoms with Crippen LogP contribution in [0.2, 0.25) is 5.02 Å². The van der Waals surface area contributed by atoms with Crippen molar-refractivity contribution >= 4 is 29.4 Å². The summed E-state index contributed by atoms with van der Waals surface area (Å²) in [6.07, 6.45) is 0.319. The minimum atomic E-state index is -1.18. The topological polar surface area (TPSA) is 78.5 Å². The number of rotatable bonds is 5. The Morgan fingerprint density at radius 2 is 1.77 bits per heavy atom. The average Bonchev–Trinajstić information content (AvgIpc) is 2.89. The van der Waals surface area contributed by atoms with Crippen molar-refractivity contribution in [3.05, 3.63) is 70.7 Å². The number of nitrogens with zero attached hydrogens (tertiary/aromatic N) is 1. The van der Waals surface area contributed by atoms with Crippen LogP contribution >= 0.6 is 11.6 Å². The fourth-order valence-electron chi connectivity index (χ4n) is 3.02. The Hall–Kier alpha value is -2.86. The van der Waals surface area contributed by atoms with Gasteiger partial charge in [0.25, 0.3) is 5.91 Å². The molecular weight excluding hydrogens is 354 g/mol. The molecule has 1 saturated heterocycles. The first-order valence-corrected chi connectivity index (χ1v) is 8.61. The summed E-state index contributed by atoms with van der Waals surface area (Å²) in [6.45, 7) is 1.81. The molecular formula is C19H18ClN3O3. The summed E-state index contributed by atoms with van der Waals surface area (Å²) in [7, 11) is 0. The van der Waals surface area contributed by atoms with Gasteiger partial charge >= 0.3 is 6.03 Å². The third-order valence-corrected chi connectivity index (χ3v) is 4.80. The molecule has 1 aliphatic heterocycles. The smallest absolute Gasteiger partial charge is 0.318 e. The van der Waals surface area contributed by atoms with Crippen molar-refractivity contribution in [1.29, 1.82) is 0 Å². The predicted molar refractivity (Wildman–Crippen MR) is 97.1 cm³/mol. The molecule has 7 heteroatoms. The quantitative estimate of drug-likeness (QED) is 0.793. The molecule has 0 unspecified atom stereocenters. The lowest BCUT2D eigenvalue weighted by atomic mass is 9.87. The Balaban J connectivity index is 1.79. The van der Waals surface area contributed by atoms with Crippen molar-refractivity contribution in [3.8, 4) is 0 Å². The highest BCUT2D eigenvalue weighted by Gasteiger charge is 2.52. The number of urea groups is 1. The van der Waals surface area contributed by atoms with E-state index in [-0.39, 0.29) is 6.42 Å². The number of amides is 4. The van der Waals surface area contributed by atoms with E-state index in [4.69, 9.17) is 11.6 Å². The zero-order valence-corrected chi connectivity index (χ0v) is 14.9. The van der Waals surface area contributed by atoms with E-state index in [1.807, 2.05) is 6.07 Å². The molecule has 134 valence electrons. The Kier molecular flexibility index (Phi) is 4.95. The standard InChI is InChI=1S/C19H18ClN3O3/c1-2-19(14-9-4-3-5-10-14)17(25)23(18(26)21-19)22-16(24)12-13-8-6-7-11-15(13)20/h3-11H,2,12H2,1H3,(H,21,26)(H,22,24)/t19-/m1/s1. The second kappa shape index (κ2) is 7.17. The zero-order valence-electron chi connectivity index (χ0n) is 14.2. The molecule has 0 aliphatic carbocycles. The molecule has 3 rings (SSSR count). The lowest BCUT2D eigenvalue weighted by molar-refractivity contribution is -0.139. The van der Waals surface area contributed by atoms with Gasteiger partial charge in [-0.3, -0.25) is 15.0 Å². The van der Waals surface area contributed by atoms with Crippen LogP contribution in [0.4, 0.5) is 4.79 Å². The molecule has 26 heavy (non-hydrogen) atoms. The van der Waals surface area contributed by atoms with E-state index in [1.165, 1.54) is 0 Å². The number of carbonyl (C=O) groups is 3. The molecule has 1 fully saturated rings. The van der Waals surface area contributed by atoms with E-state index < -0.39 is 23.4 Å². The van der Waals surface area contributed by atoms with E-state index in [1.54, 1.807) is 55.5 Å². The van der Waals surface area contributed by atoms with Crippen LogP contribution in [-0.2, 0) is 21.5 Å². The highest BCUT2D eigenvalue weighted by Crippen LogP contribution is 2.31. The molecule has 1 heterocycles. The summed E-state index contributed by atoms with van der Waals surface area (Å²) < 4.78 is 0. The lowest BCUT2D eigenvalue weighted by Gasteiger charge is -2.25. The molecule has 2 aromatic rings. The Morgan fingerprint density at radius 3 is 2.42 bits per heavy atom. The first kappa shape index (κ1) is 17.9. The maximum atomic E-state index is 12.9. The van der Waals surface area contributed by atoms with Crippen LogP contribution in [0.25, 0.3) is 0 Å². The monoisotopic (exact) mass is 371 g/mol. The van der Waals surface area contributed by atoms with Gasteiger partial charge in [0.05, 0.1) is 6.42 Å². The van der Waals surface area contributed by atoms with Gasteiger partial charge in [-0.05, 0) is 23.6 Å². The molecule has 0 spiro atoms. The maximum absolute atomic E-state index is 12.9. The van der Waals surface area contributed by atoms with Gasteiger partial charge in [0.15, 0.2) is 0 Å². The van der Waals surface area contributed by atoms with Crippen molar-refractivity contribution in [2.45, 2.75) is 25.3 Å². The largest absolute Gasteiger partial charge is 0.344 e. The van der Waals surface area contributed by atoms with Crippen molar-refractivity contribution in [2.24, 2.45) is 0 Å². The van der Waals surface area contributed by atoms with Crippen molar-refractivity contribution in [3.63, 3.8) is 0 Å². The summed E-state index contributed by atoms with van der Waals surface area (Å²) in [5.41, 5.74) is 2.49. The van der Waals surface area contributed by atoms with E-state index >= 15 is 0 Å². The van der Waals surface area contributed by atoms with Crippen LogP contribution < -0.4 is 10.7 Å². The van der Waals surface area contributed by atoms with Crippen molar-refractivity contribution < 1.29 is 14.4 Å². The number of halogens is 1. The molecule has 0 radical (unpaired) electrons. The number of imide groups is 1. The summed E-state index contributed by atoms with van der Waals surface area (Å²) in [4.78, 5) is 37.6. The van der Waals surface area contributed by atoms with Crippen molar-refractivity contribution in [2.75, 3.05) is 0 Å². The van der Waals surface area contributed by atoms with E-state index in [2.05, 4.69) is 10.7 Å². The normalized spacial score (nSPS) is 19.4. The third-order valence-electron chi connectivity index (χ3n) is 4.43. The van der Waals surface area contributed by atoms with Crippen LogP contribution in [-0.4, -0.2) is 22.9 Å². The summed E-state index contributed by atoms with van der Waals surface area (Å²) in [5, 5.41) is 3.91. The summed E-state index contributed by atoms with van der Waals surface area (Å²) >= 11 is 6.05. The molecule has 0 saturated carbocycles. The van der Waals surface area contributed by atoms with Gasteiger partial charge in [-0.25, -0.2) is 4.79 Å². The van der Waals surface area contributed by atoms with Gasteiger partial charge in [-0.15, -0.1) is 0 Å². The molecule has 1 aliphatic rings. The second-order valence-corrected chi connectivity index (χ2v) is 6.41. The SMILES string of the molecule is CC[C@]1(c2ccccc2)NC(=O)N(NC(=O)Cc2ccccc2Cl)C1=O. The van der Waals surface area contributed by atoms with Gasteiger partial charge in [0.2, 0.25) is 5.91 Å². The molecule has 2 aromatic carbocycles. The summed E-state index contributed by atoms with van der Waals surface area (Å²) in [5.74, 6) is -1.01. The first-order valence-electron chi connectivity index (χ1n) is 8.23. The van der Waals surface area contributed by atoms with Gasteiger partial charge < -0.3 is 5.32 Å². The van der Waals surface area contributed by atoms with Gasteiger partial charge in [0, 0.05) is 5.02 Å². The van der Waals surface area contributed by atoms with E-state index in [9.17, 15) is 14.4 Å². The predicted octanol–water partition coefficient (Wildman–Crippen LogP) is 2.77. The molecule has 0 bridgehead atoms. The molecule has 6 nitrogen and oxygen atoms in total. The molecule has 4 amide bonds. The molecule has 2 N–H and O–H groups in total. The van der Waals surface area contributed by atoms with Crippen LogP contribution in [0.15, 0.2) is 54.6 Å². The number of benzene rings is 2. The molecule has 0 aromatic heterocycles. The van der Waals surface area contributed by atoms with Gasteiger partial charge in [-0.2, -0.15) is 5.01 Å². The second-order valence-electron chi connectivity index (χ2n) is 6.00. The highest BCUT2D eigenvalue weighted by molar-refractivity contribution is 6.31. The molecule has 1 atom stereocenters. The van der Waals surface area contributed by atoms with Crippen LogP contribution in [0, 0.1) is 0 Å². The van der Waals surface area contributed by atoms with Crippen LogP contribution in [0.5, 0.6) is 0 Å². The van der Waals surface area contributed by atoms with Gasteiger partial charge in [-0.1, -0.05) is 67.1 Å². The minimum Gasteiger partial charge on any atom is -0.318 e. The van der Waals surface area contributed by atoms with Gasteiger partial charge in [0.1, 0.15) is 5.54 Å². The van der Waals surface area contributed by atoms with E-state index in [0.29, 0.717) is 22.6 Å². The number of hydrogen-bond acceptors (Lipinski definition) is 3.